The summed E-state index contributed by atoms with van der Waals surface area (Å²) in [6.07, 6.45) is 1.27. The van der Waals surface area contributed by atoms with Crippen molar-refractivity contribution in [3.63, 3.8) is 0 Å². The van der Waals surface area contributed by atoms with Gasteiger partial charge in [-0.1, -0.05) is 49.4 Å². The number of hydrogen-bond acceptors (Lipinski definition) is 5. The molecule has 1 N–H and O–H groups in total. The van der Waals surface area contributed by atoms with Crippen LogP contribution in [0.1, 0.15) is 50.0 Å². The van der Waals surface area contributed by atoms with Crippen LogP contribution in [-0.4, -0.2) is 30.2 Å². The molecule has 0 saturated carbocycles. The summed E-state index contributed by atoms with van der Waals surface area (Å²) < 4.78 is 23.4. The summed E-state index contributed by atoms with van der Waals surface area (Å²) in [4.78, 5) is 0. The van der Waals surface area contributed by atoms with E-state index in [9.17, 15) is 5.11 Å². The Morgan fingerprint density at radius 1 is 1.03 bits per heavy atom. The Hall–Kier alpha value is -2.18. The fourth-order valence-electron chi connectivity index (χ4n) is 3.85. The van der Waals surface area contributed by atoms with Gasteiger partial charge >= 0.3 is 0 Å². The molecule has 0 aliphatic carbocycles. The van der Waals surface area contributed by atoms with Crippen LogP contribution < -0.4 is 4.74 Å². The molecule has 2 aromatic carbocycles. The first-order valence-electron chi connectivity index (χ1n) is 10.8. The van der Waals surface area contributed by atoms with Crippen molar-refractivity contribution in [2.24, 2.45) is 5.92 Å². The first-order valence-corrected chi connectivity index (χ1v) is 10.8. The number of hydrogen-bond donors (Lipinski definition) is 1. The van der Waals surface area contributed by atoms with Gasteiger partial charge in [-0.15, -0.1) is 6.58 Å². The molecule has 0 spiro atoms. The highest BCUT2D eigenvalue weighted by Crippen LogP contribution is 2.42. The van der Waals surface area contributed by atoms with Crippen molar-refractivity contribution in [2.75, 3.05) is 7.11 Å². The summed E-state index contributed by atoms with van der Waals surface area (Å²) >= 11 is 0. The third kappa shape index (κ3) is 6.17. The fraction of sp³-hybridized carbons (Fsp3) is 0.462. The van der Waals surface area contributed by atoms with E-state index in [1.807, 2.05) is 45.0 Å². The van der Waals surface area contributed by atoms with Crippen molar-refractivity contribution >= 4 is 0 Å². The number of rotatable bonds is 10. The average molecular weight is 427 g/mol. The highest BCUT2D eigenvalue weighted by Gasteiger charge is 2.45. The van der Waals surface area contributed by atoms with Gasteiger partial charge in [-0.3, -0.25) is 0 Å². The fourth-order valence-corrected chi connectivity index (χ4v) is 3.85. The maximum atomic E-state index is 10.4. The van der Waals surface area contributed by atoms with Crippen molar-refractivity contribution in [1.29, 1.82) is 0 Å². The molecule has 0 radical (unpaired) electrons. The van der Waals surface area contributed by atoms with Crippen LogP contribution in [0.5, 0.6) is 5.75 Å². The monoisotopic (exact) mass is 426 g/mol. The van der Waals surface area contributed by atoms with Crippen molar-refractivity contribution < 1.29 is 24.1 Å². The van der Waals surface area contributed by atoms with E-state index < -0.39 is 11.9 Å². The lowest BCUT2D eigenvalue weighted by molar-refractivity contribution is -0.153. The minimum atomic E-state index is -0.697. The Labute approximate surface area is 185 Å². The number of aliphatic hydroxyl groups is 1. The summed E-state index contributed by atoms with van der Waals surface area (Å²) in [7, 11) is 1.66. The van der Waals surface area contributed by atoms with Gasteiger partial charge in [-0.2, -0.15) is 0 Å². The molecular weight excluding hydrogens is 392 g/mol. The van der Waals surface area contributed by atoms with E-state index in [1.165, 1.54) is 0 Å². The predicted octanol–water partition coefficient (Wildman–Crippen LogP) is 5.18. The van der Waals surface area contributed by atoms with Crippen LogP contribution in [0, 0.1) is 5.92 Å². The van der Waals surface area contributed by atoms with Gasteiger partial charge in [0.2, 0.25) is 0 Å². The Morgan fingerprint density at radius 2 is 1.61 bits per heavy atom. The zero-order valence-corrected chi connectivity index (χ0v) is 18.9. The van der Waals surface area contributed by atoms with Gasteiger partial charge in [0, 0.05) is 5.92 Å². The lowest BCUT2D eigenvalue weighted by Gasteiger charge is -2.27. The van der Waals surface area contributed by atoms with Crippen molar-refractivity contribution in [3.8, 4) is 5.75 Å². The quantitative estimate of drug-likeness (QED) is 0.531. The summed E-state index contributed by atoms with van der Waals surface area (Å²) in [5.41, 5.74) is 3.23. The van der Waals surface area contributed by atoms with E-state index in [0.29, 0.717) is 19.6 Å². The smallest absolute Gasteiger partial charge is 0.164 e. The van der Waals surface area contributed by atoms with Gasteiger partial charge in [0.25, 0.3) is 0 Å². The van der Waals surface area contributed by atoms with Gasteiger partial charge in [-0.05, 0) is 49.1 Å². The third-order valence-electron chi connectivity index (χ3n) is 5.67. The summed E-state index contributed by atoms with van der Waals surface area (Å²) in [6.45, 7) is 10.6. The van der Waals surface area contributed by atoms with Crippen LogP contribution in [-0.2, 0) is 27.4 Å². The molecule has 5 nitrogen and oxygen atoms in total. The second-order valence-corrected chi connectivity index (χ2v) is 8.55. The Balaban J connectivity index is 1.61. The number of aliphatic hydroxyl groups excluding tert-OH is 1. The molecule has 1 heterocycles. The second kappa shape index (κ2) is 10.4. The lowest BCUT2D eigenvalue weighted by atomic mass is 9.89. The zero-order chi connectivity index (χ0) is 22.4. The van der Waals surface area contributed by atoms with Gasteiger partial charge < -0.3 is 24.1 Å². The molecule has 0 amide bonds. The van der Waals surface area contributed by atoms with Crippen LogP contribution in [0.15, 0.2) is 61.2 Å². The molecule has 0 aromatic heterocycles. The van der Waals surface area contributed by atoms with Gasteiger partial charge in [0.1, 0.15) is 11.9 Å². The first kappa shape index (κ1) is 23.5. The SMILES string of the molecule is C=CC[C@H](O)[C@H](C)[C@H]1OC(C)(C)O[C@@H]1c1ccc(COCc2ccc(OC)cc2)cc1. The molecule has 168 valence electrons. The zero-order valence-electron chi connectivity index (χ0n) is 18.9. The first-order chi connectivity index (χ1) is 14.8. The van der Waals surface area contributed by atoms with Crippen LogP contribution in [0.4, 0.5) is 0 Å². The highest BCUT2D eigenvalue weighted by atomic mass is 16.8. The molecule has 1 saturated heterocycles. The van der Waals surface area contributed by atoms with Crippen LogP contribution in [0.3, 0.4) is 0 Å². The molecule has 2 aromatic rings. The van der Waals surface area contributed by atoms with Crippen molar-refractivity contribution in [2.45, 2.75) is 64.5 Å². The predicted molar refractivity (Wildman–Crippen MR) is 121 cm³/mol. The summed E-state index contributed by atoms with van der Waals surface area (Å²) in [5, 5.41) is 10.4. The van der Waals surface area contributed by atoms with E-state index in [0.717, 1.165) is 22.4 Å². The molecule has 1 aliphatic rings. The third-order valence-corrected chi connectivity index (χ3v) is 5.67. The molecule has 31 heavy (non-hydrogen) atoms. The van der Waals surface area contributed by atoms with Gasteiger partial charge in [0.05, 0.1) is 32.5 Å². The van der Waals surface area contributed by atoms with E-state index in [1.54, 1.807) is 13.2 Å². The topological polar surface area (TPSA) is 57.2 Å². The van der Waals surface area contributed by atoms with Crippen LogP contribution >= 0.6 is 0 Å². The molecule has 5 heteroatoms. The standard InChI is InChI=1S/C26H34O5/c1-6-7-23(27)18(2)24-25(31-26(3,4)30-24)21-12-8-19(9-13-21)16-29-17-20-10-14-22(28-5)15-11-20/h6,8-15,18,23-25,27H,1,7,16-17H2,2-5H3/t18-,23-,24+,25+/m0/s1. The molecule has 0 bridgehead atoms. The average Bonchev–Trinajstić information content (AvgIpc) is 3.09. The Morgan fingerprint density at radius 3 is 2.16 bits per heavy atom. The molecule has 3 rings (SSSR count). The van der Waals surface area contributed by atoms with E-state index in [2.05, 4.69) is 30.8 Å². The minimum absolute atomic E-state index is 0.0859. The Kier molecular flexibility index (Phi) is 7.89. The summed E-state index contributed by atoms with van der Waals surface area (Å²) in [5.74, 6) is 0.0556. The minimum Gasteiger partial charge on any atom is -0.497 e. The lowest BCUT2D eigenvalue weighted by Crippen LogP contribution is -2.33. The largest absolute Gasteiger partial charge is 0.497 e. The second-order valence-electron chi connectivity index (χ2n) is 8.55. The maximum absolute atomic E-state index is 10.4. The highest BCUT2D eigenvalue weighted by molar-refractivity contribution is 5.27. The molecular formula is C26H34O5. The van der Waals surface area contributed by atoms with Crippen molar-refractivity contribution in [3.05, 3.63) is 77.9 Å². The molecule has 0 unspecified atom stereocenters. The Bertz CT molecular complexity index is 828. The summed E-state index contributed by atoms with van der Waals surface area (Å²) in [6, 6.07) is 16.1. The van der Waals surface area contributed by atoms with Crippen LogP contribution in [0.25, 0.3) is 0 Å². The molecule has 1 fully saturated rings. The molecule has 4 atom stereocenters. The number of ether oxygens (including phenoxy) is 4. The van der Waals surface area contributed by atoms with E-state index >= 15 is 0 Å². The van der Waals surface area contributed by atoms with Crippen molar-refractivity contribution in [1.82, 2.24) is 0 Å². The van der Waals surface area contributed by atoms with E-state index in [-0.39, 0.29) is 18.1 Å². The number of benzene rings is 2. The maximum Gasteiger partial charge on any atom is 0.164 e. The van der Waals surface area contributed by atoms with E-state index in [4.69, 9.17) is 18.9 Å². The van der Waals surface area contributed by atoms with Gasteiger partial charge in [-0.25, -0.2) is 0 Å². The normalized spacial score (nSPS) is 22.1. The molecule has 1 aliphatic heterocycles. The van der Waals surface area contributed by atoms with Crippen LogP contribution in [0.2, 0.25) is 0 Å². The van der Waals surface area contributed by atoms with Gasteiger partial charge in [0.15, 0.2) is 5.79 Å². The number of methoxy groups -OCH3 is 1.